The van der Waals surface area contributed by atoms with E-state index >= 15 is 0 Å². The molecule has 3 N–H and O–H groups in total. The second kappa shape index (κ2) is 7.73. The average molecular weight is 367 g/mol. The second-order valence-corrected chi connectivity index (χ2v) is 6.92. The van der Waals surface area contributed by atoms with E-state index in [0.717, 1.165) is 54.6 Å². The number of nitrogens with one attached hydrogen (secondary N) is 3. The van der Waals surface area contributed by atoms with Crippen molar-refractivity contribution >= 4 is 16.9 Å². The van der Waals surface area contributed by atoms with Gasteiger partial charge in [0, 0.05) is 36.4 Å². The van der Waals surface area contributed by atoms with Crippen LogP contribution in [0.3, 0.4) is 0 Å². The van der Waals surface area contributed by atoms with Crippen molar-refractivity contribution in [2.45, 2.75) is 31.7 Å². The Balaban J connectivity index is 1.39. The SMILES string of the molecule is COc1ccc2[nH]cc(CCNC(=O)N3CCCCC3c3ccn[nH]3)c2c1. The maximum absolute atomic E-state index is 12.7. The van der Waals surface area contributed by atoms with Crippen LogP contribution < -0.4 is 10.1 Å². The molecule has 0 spiro atoms. The molecule has 1 saturated heterocycles. The smallest absolute Gasteiger partial charge is 0.317 e. The molecule has 3 heterocycles. The van der Waals surface area contributed by atoms with E-state index in [0.29, 0.717) is 6.54 Å². The van der Waals surface area contributed by atoms with E-state index in [1.807, 2.05) is 35.4 Å². The molecule has 4 rings (SSSR count). The molecule has 2 amide bonds. The molecule has 3 aromatic rings. The Labute approximate surface area is 158 Å². The third-order valence-corrected chi connectivity index (χ3v) is 5.29. The summed E-state index contributed by atoms with van der Waals surface area (Å²) in [4.78, 5) is 18.0. The van der Waals surface area contributed by atoms with Crippen LogP contribution >= 0.6 is 0 Å². The van der Waals surface area contributed by atoms with Crippen molar-refractivity contribution in [2.75, 3.05) is 20.2 Å². The van der Waals surface area contributed by atoms with Gasteiger partial charge in [0.05, 0.1) is 18.8 Å². The molecule has 0 bridgehead atoms. The van der Waals surface area contributed by atoms with Gasteiger partial charge in [-0.25, -0.2) is 4.79 Å². The quantitative estimate of drug-likeness (QED) is 0.646. The van der Waals surface area contributed by atoms with Crippen LogP contribution in [0.15, 0.2) is 36.7 Å². The Hall–Kier alpha value is -2.96. The van der Waals surface area contributed by atoms with E-state index in [9.17, 15) is 4.79 Å². The zero-order valence-electron chi connectivity index (χ0n) is 15.5. The van der Waals surface area contributed by atoms with Crippen LogP contribution in [0, 0.1) is 0 Å². The summed E-state index contributed by atoms with van der Waals surface area (Å²) < 4.78 is 5.32. The number of benzene rings is 1. The predicted octanol–water partition coefficient (Wildman–Crippen LogP) is 3.38. The molecule has 7 heteroatoms. The van der Waals surface area contributed by atoms with Crippen LogP contribution in [0.4, 0.5) is 4.79 Å². The van der Waals surface area contributed by atoms with Gasteiger partial charge in [-0.15, -0.1) is 0 Å². The Bertz CT molecular complexity index is 902. The number of fused-ring (bicyclic) bond motifs is 1. The van der Waals surface area contributed by atoms with Gasteiger partial charge in [-0.3, -0.25) is 5.10 Å². The van der Waals surface area contributed by atoms with E-state index in [2.05, 4.69) is 20.5 Å². The minimum atomic E-state index is -0.00766. The Kier molecular flexibility index (Phi) is 5.00. The lowest BCUT2D eigenvalue weighted by Gasteiger charge is -2.35. The van der Waals surface area contributed by atoms with Crippen molar-refractivity contribution in [3.8, 4) is 5.75 Å². The average Bonchev–Trinajstić information content (AvgIpc) is 3.38. The van der Waals surface area contributed by atoms with Gasteiger partial charge in [0.2, 0.25) is 0 Å². The number of nitrogens with zero attached hydrogens (tertiary/aromatic N) is 2. The number of ether oxygens (including phenoxy) is 1. The number of H-pyrrole nitrogens is 2. The fourth-order valence-electron chi connectivity index (χ4n) is 3.85. The number of rotatable bonds is 5. The Morgan fingerprint density at radius 1 is 1.37 bits per heavy atom. The van der Waals surface area contributed by atoms with Crippen molar-refractivity contribution < 1.29 is 9.53 Å². The summed E-state index contributed by atoms with van der Waals surface area (Å²) in [5.74, 6) is 0.836. The summed E-state index contributed by atoms with van der Waals surface area (Å²) in [5.41, 5.74) is 3.26. The maximum atomic E-state index is 12.7. The lowest BCUT2D eigenvalue weighted by molar-refractivity contribution is 0.150. The summed E-state index contributed by atoms with van der Waals surface area (Å²) in [6.07, 6.45) is 7.65. The molecule has 1 aliphatic heterocycles. The van der Waals surface area contributed by atoms with E-state index in [-0.39, 0.29) is 12.1 Å². The number of methoxy groups -OCH3 is 1. The van der Waals surface area contributed by atoms with Gasteiger partial charge in [-0.1, -0.05) is 0 Å². The van der Waals surface area contributed by atoms with Crippen LogP contribution in [-0.2, 0) is 6.42 Å². The molecule has 0 aliphatic carbocycles. The van der Waals surface area contributed by atoms with Crippen LogP contribution in [0.25, 0.3) is 10.9 Å². The summed E-state index contributed by atoms with van der Waals surface area (Å²) >= 11 is 0. The number of likely N-dealkylation sites (tertiary alicyclic amines) is 1. The van der Waals surface area contributed by atoms with Crippen molar-refractivity contribution in [1.82, 2.24) is 25.4 Å². The highest BCUT2D eigenvalue weighted by atomic mass is 16.5. The van der Waals surface area contributed by atoms with Gasteiger partial charge in [-0.2, -0.15) is 5.10 Å². The number of hydrogen-bond acceptors (Lipinski definition) is 3. The first-order valence-corrected chi connectivity index (χ1v) is 9.44. The van der Waals surface area contributed by atoms with Gasteiger partial charge in [-0.05, 0) is 55.5 Å². The largest absolute Gasteiger partial charge is 0.497 e. The summed E-state index contributed by atoms with van der Waals surface area (Å²) in [5, 5.41) is 11.3. The molecule has 27 heavy (non-hydrogen) atoms. The van der Waals surface area contributed by atoms with E-state index in [1.54, 1.807) is 13.3 Å². The van der Waals surface area contributed by atoms with Crippen molar-refractivity contribution in [2.24, 2.45) is 0 Å². The first-order valence-electron chi connectivity index (χ1n) is 9.44. The molecule has 1 fully saturated rings. The summed E-state index contributed by atoms with van der Waals surface area (Å²) in [6.45, 7) is 1.37. The minimum absolute atomic E-state index is 0.00766. The molecular weight excluding hydrogens is 342 g/mol. The molecule has 1 aromatic carbocycles. The number of piperidine rings is 1. The highest BCUT2D eigenvalue weighted by Gasteiger charge is 2.28. The molecule has 2 aromatic heterocycles. The molecule has 0 radical (unpaired) electrons. The normalized spacial score (nSPS) is 17.2. The van der Waals surface area contributed by atoms with Crippen LogP contribution in [0.1, 0.15) is 36.6 Å². The lowest BCUT2D eigenvalue weighted by atomic mass is 10.00. The second-order valence-electron chi connectivity index (χ2n) is 6.92. The molecule has 0 saturated carbocycles. The third-order valence-electron chi connectivity index (χ3n) is 5.29. The van der Waals surface area contributed by atoms with E-state index in [1.165, 1.54) is 5.56 Å². The van der Waals surface area contributed by atoms with Gasteiger partial charge < -0.3 is 19.9 Å². The summed E-state index contributed by atoms with van der Waals surface area (Å²) in [6, 6.07) is 8.01. The van der Waals surface area contributed by atoms with Gasteiger partial charge >= 0.3 is 6.03 Å². The van der Waals surface area contributed by atoms with Crippen LogP contribution in [0.2, 0.25) is 0 Å². The fourth-order valence-corrected chi connectivity index (χ4v) is 3.85. The van der Waals surface area contributed by atoms with Gasteiger partial charge in [0.1, 0.15) is 5.75 Å². The first kappa shape index (κ1) is 17.5. The van der Waals surface area contributed by atoms with E-state index in [4.69, 9.17) is 4.74 Å². The molecule has 1 unspecified atom stereocenters. The van der Waals surface area contributed by atoms with E-state index < -0.39 is 0 Å². The number of carbonyl (C=O) groups excluding carboxylic acids is 1. The zero-order chi connectivity index (χ0) is 18.6. The molecule has 7 nitrogen and oxygen atoms in total. The van der Waals surface area contributed by atoms with Crippen molar-refractivity contribution in [3.05, 3.63) is 47.9 Å². The van der Waals surface area contributed by atoms with Crippen molar-refractivity contribution in [3.63, 3.8) is 0 Å². The lowest BCUT2D eigenvalue weighted by Crippen LogP contribution is -2.45. The van der Waals surface area contributed by atoms with Gasteiger partial charge in [0.25, 0.3) is 0 Å². The molecule has 1 atom stereocenters. The highest BCUT2D eigenvalue weighted by molar-refractivity contribution is 5.84. The zero-order valence-corrected chi connectivity index (χ0v) is 15.5. The topological polar surface area (TPSA) is 86.0 Å². The number of hydrogen-bond donors (Lipinski definition) is 3. The fraction of sp³-hybridized carbons (Fsp3) is 0.400. The third kappa shape index (κ3) is 3.63. The number of carbonyl (C=O) groups is 1. The van der Waals surface area contributed by atoms with Crippen LogP contribution in [-0.4, -0.2) is 46.3 Å². The molecule has 1 aliphatic rings. The van der Waals surface area contributed by atoms with Crippen LogP contribution in [0.5, 0.6) is 5.75 Å². The van der Waals surface area contributed by atoms with Gasteiger partial charge in [0.15, 0.2) is 0 Å². The standard InChI is InChI=1S/C20H25N5O2/c1-27-15-5-6-17-16(12-15)14(13-22-17)7-9-21-20(26)25-11-3-2-4-19(25)18-8-10-23-24-18/h5-6,8,10,12-13,19,22H,2-4,7,9,11H2,1H3,(H,21,26)(H,23,24). The molecule has 142 valence electrons. The minimum Gasteiger partial charge on any atom is -0.497 e. The van der Waals surface area contributed by atoms with Crippen molar-refractivity contribution in [1.29, 1.82) is 0 Å². The maximum Gasteiger partial charge on any atom is 0.317 e. The number of aromatic amines is 2. The summed E-state index contributed by atoms with van der Waals surface area (Å²) in [7, 11) is 1.67. The predicted molar refractivity (Wildman–Crippen MR) is 104 cm³/mol. The molecular formula is C20H25N5O2. The highest BCUT2D eigenvalue weighted by Crippen LogP contribution is 2.29. The Morgan fingerprint density at radius 2 is 2.30 bits per heavy atom. The number of amides is 2. The number of aromatic nitrogens is 3. The first-order chi connectivity index (χ1) is 13.3. The number of urea groups is 1. The Morgan fingerprint density at radius 3 is 3.11 bits per heavy atom. The monoisotopic (exact) mass is 367 g/mol.